The third-order valence-corrected chi connectivity index (χ3v) is 0.553. The molecule has 0 spiro atoms. The molecule has 0 aromatic rings. The van der Waals surface area contributed by atoms with Gasteiger partial charge in [0, 0.05) is 0 Å². The molecule has 0 saturated heterocycles. The first-order valence-electron chi connectivity index (χ1n) is 0.763. The van der Waals surface area contributed by atoms with Crippen molar-refractivity contribution in [3.8, 4) is 10.4 Å². The second-order valence-electron chi connectivity index (χ2n) is 0.306. The van der Waals surface area contributed by atoms with Gasteiger partial charge in [0.2, 0.25) is 0 Å². The van der Waals surface area contributed by atoms with Crippen LogP contribution in [0.25, 0.3) is 0 Å². The topological polar surface area (TPSA) is 0 Å². The van der Waals surface area contributed by atoms with Crippen LogP contribution >= 0.6 is 21.0 Å². The number of hydrogen-bond donors (Lipinski definition) is 0. The van der Waals surface area contributed by atoms with Crippen molar-refractivity contribution in [3.63, 3.8) is 0 Å². The maximum absolute atomic E-state index is 10.7. The zero-order valence-electron chi connectivity index (χ0n) is 2.21. The quantitative estimate of drug-likeness (QED) is 0.403. The Labute approximate surface area is 37.5 Å². The van der Waals surface area contributed by atoms with Crippen LogP contribution in [-0.4, -0.2) is 0 Å². The second-order valence-corrected chi connectivity index (χ2v) is 2.05. The molecule has 0 fully saturated rings. The van der Waals surface area contributed by atoms with E-state index < -0.39 is 21.0 Å². The molecular formula is C2HF2I. The van der Waals surface area contributed by atoms with Crippen LogP contribution in [0.4, 0.5) is 5.72 Å². The summed E-state index contributed by atoms with van der Waals surface area (Å²) < 4.78 is 22.7. The minimum absolute atomic E-state index is 1.35. The molecule has 0 saturated carbocycles. The van der Waals surface area contributed by atoms with E-state index in [0.29, 0.717) is 0 Å². The predicted molar refractivity (Wildman–Crippen MR) is 25.1 cm³/mol. The summed E-state index contributed by atoms with van der Waals surface area (Å²) in [5.41, 5.74) is 0. The fourth-order valence-electron chi connectivity index (χ4n) is 0. The third-order valence-electron chi connectivity index (χ3n) is 0.0825. The fourth-order valence-corrected chi connectivity index (χ4v) is 0. The normalized spacial score (nSPS) is 9.40. The predicted octanol–water partition coefficient (Wildman–Crippen LogP) is 1.85. The van der Waals surface area contributed by atoms with Gasteiger partial charge in [0.1, 0.15) is 0 Å². The third kappa shape index (κ3) is 4.15. The number of terminal acetylenes is 1. The summed E-state index contributed by atoms with van der Waals surface area (Å²) in [5, 5.41) is 0. The van der Waals surface area contributed by atoms with Crippen molar-refractivity contribution >= 4 is 21.0 Å². The summed E-state index contributed by atoms with van der Waals surface area (Å²) in [6.07, 6.45) is 4.24. The van der Waals surface area contributed by atoms with Crippen molar-refractivity contribution in [2.75, 3.05) is 0 Å². The Hall–Kier alpha value is 0.150. The summed E-state index contributed by atoms with van der Waals surface area (Å²) in [4.78, 5) is 0. The van der Waals surface area contributed by atoms with Crippen molar-refractivity contribution in [2.24, 2.45) is 0 Å². The van der Waals surface area contributed by atoms with Gasteiger partial charge in [0.25, 0.3) is 0 Å². The van der Waals surface area contributed by atoms with Crippen LogP contribution in [0, 0.1) is 10.4 Å². The van der Waals surface area contributed by atoms with Crippen LogP contribution in [0.15, 0.2) is 0 Å². The van der Waals surface area contributed by atoms with Gasteiger partial charge in [-0.1, -0.05) is 0 Å². The second kappa shape index (κ2) is 2.39. The number of rotatable bonds is 0. The van der Waals surface area contributed by atoms with Crippen LogP contribution < -0.4 is 0 Å². The molecular weight excluding hydrogens is 189 g/mol. The Bertz CT molecular complexity index is 53.2. The summed E-state index contributed by atoms with van der Waals surface area (Å²) in [6, 6.07) is 0. The molecule has 3 heteroatoms. The van der Waals surface area contributed by atoms with Gasteiger partial charge in [0.15, 0.2) is 0 Å². The Kier molecular flexibility index (Phi) is 2.46. The molecule has 0 aliphatic carbocycles. The minimum atomic E-state index is -3.75. The van der Waals surface area contributed by atoms with Crippen LogP contribution in [0.2, 0.25) is 0 Å². The van der Waals surface area contributed by atoms with Gasteiger partial charge in [-0.05, 0) is 0 Å². The molecule has 0 amide bonds. The summed E-state index contributed by atoms with van der Waals surface area (Å²) >= 11 is -3.75. The average molecular weight is 190 g/mol. The van der Waals surface area contributed by atoms with Gasteiger partial charge in [-0.3, -0.25) is 0 Å². The molecule has 0 aromatic carbocycles. The van der Waals surface area contributed by atoms with Gasteiger partial charge in [-0.2, -0.15) is 0 Å². The Morgan fingerprint density at radius 2 is 1.80 bits per heavy atom. The number of halogens is 3. The van der Waals surface area contributed by atoms with Crippen molar-refractivity contribution in [2.45, 2.75) is 0 Å². The molecule has 30 valence electrons. The molecule has 0 aromatic heterocycles. The fraction of sp³-hybridized carbons (Fsp3) is 0. The molecule has 0 N–H and O–H groups in total. The van der Waals surface area contributed by atoms with Gasteiger partial charge >= 0.3 is 37.0 Å². The first-order chi connectivity index (χ1) is 2.27. The standard InChI is InChI=1S/C2HF2I/c1-2-5(3)4/h1H. The molecule has 0 atom stereocenters. The van der Waals surface area contributed by atoms with E-state index in [4.69, 9.17) is 0 Å². The Balaban J connectivity index is 2.94. The molecule has 0 bridgehead atoms. The zero-order valence-corrected chi connectivity index (χ0v) is 4.37. The molecule has 0 radical (unpaired) electrons. The molecule has 0 aliphatic rings. The van der Waals surface area contributed by atoms with Crippen molar-refractivity contribution in [1.82, 2.24) is 0 Å². The van der Waals surface area contributed by atoms with E-state index in [2.05, 4.69) is 6.42 Å². The van der Waals surface area contributed by atoms with Crippen molar-refractivity contribution in [3.05, 3.63) is 0 Å². The summed E-state index contributed by atoms with van der Waals surface area (Å²) in [6.45, 7) is 0. The molecule has 0 heterocycles. The summed E-state index contributed by atoms with van der Waals surface area (Å²) in [7, 11) is 0. The van der Waals surface area contributed by atoms with Crippen molar-refractivity contribution in [1.29, 1.82) is 0 Å². The van der Waals surface area contributed by atoms with E-state index in [1.807, 2.05) is 0 Å². The van der Waals surface area contributed by atoms with E-state index in [9.17, 15) is 5.72 Å². The Morgan fingerprint density at radius 3 is 1.80 bits per heavy atom. The summed E-state index contributed by atoms with van der Waals surface area (Å²) in [5.74, 6) is 0. The maximum atomic E-state index is 10.7. The van der Waals surface area contributed by atoms with Crippen LogP contribution in [-0.2, 0) is 0 Å². The number of hydrogen-bond acceptors (Lipinski definition) is 0. The van der Waals surface area contributed by atoms with Gasteiger partial charge in [0.05, 0.1) is 0 Å². The van der Waals surface area contributed by atoms with E-state index in [1.165, 1.54) is 3.93 Å². The van der Waals surface area contributed by atoms with E-state index in [1.54, 1.807) is 0 Å². The molecule has 0 nitrogen and oxygen atoms in total. The van der Waals surface area contributed by atoms with E-state index in [-0.39, 0.29) is 0 Å². The average Bonchev–Trinajstić information content (AvgIpc) is 1.38. The molecule has 0 unspecified atom stereocenters. The first-order valence-corrected chi connectivity index (χ1v) is 3.47. The van der Waals surface area contributed by atoms with Gasteiger partial charge in [-0.15, -0.1) is 0 Å². The SMILES string of the molecule is C#CI(F)F. The van der Waals surface area contributed by atoms with Gasteiger partial charge in [-0.25, -0.2) is 0 Å². The molecule has 0 rings (SSSR count). The van der Waals surface area contributed by atoms with Crippen LogP contribution in [0.5, 0.6) is 0 Å². The van der Waals surface area contributed by atoms with Crippen molar-refractivity contribution < 1.29 is 5.72 Å². The molecule has 5 heavy (non-hydrogen) atoms. The monoisotopic (exact) mass is 190 g/mol. The van der Waals surface area contributed by atoms with Crippen LogP contribution in [0.3, 0.4) is 0 Å². The Morgan fingerprint density at radius 1 is 1.60 bits per heavy atom. The first kappa shape index (κ1) is 5.15. The van der Waals surface area contributed by atoms with Crippen LogP contribution in [0.1, 0.15) is 0 Å². The zero-order chi connectivity index (χ0) is 4.28. The van der Waals surface area contributed by atoms with E-state index in [0.717, 1.165) is 0 Å². The molecule has 0 aliphatic heterocycles. The van der Waals surface area contributed by atoms with E-state index >= 15 is 0 Å². The van der Waals surface area contributed by atoms with Gasteiger partial charge < -0.3 is 0 Å².